The van der Waals surface area contributed by atoms with E-state index in [0.29, 0.717) is 42.9 Å². The molecule has 33 heavy (non-hydrogen) atoms. The molecule has 9 nitrogen and oxygen atoms in total. The number of fused-ring (bicyclic) bond motifs is 1. The van der Waals surface area contributed by atoms with Crippen LogP contribution in [0.25, 0.3) is 0 Å². The predicted octanol–water partition coefficient (Wildman–Crippen LogP) is 2.15. The molecule has 5 rings (SSSR count). The van der Waals surface area contributed by atoms with Gasteiger partial charge in [0.25, 0.3) is 11.8 Å². The van der Waals surface area contributed by atoms with Gasteiger partial charge in [-0.15, -0.1) is 10.2 Å². The maximum atomic E-state index is 13.1. The van der Waals surface area contributed by atoms with Crippen LogP contribution in [0.2, 0.25) is 0 Å². The molecule has 0 saturated carbocycles. The second-order valence-electron chi connectivity index (χ2n) is 7.88. The van der Waals surface area contributed by atoms with E-state index in [2.05, 4.69) is 10.2 Å². The van der Waals surface area contributed by atoms with Gasteiger partial charge in [0.2, 0.25) is 15.2 Å². The Bertz CT molecular complexity index is 1290. The molecule has 0 atom stereocenters. The summed E-state index contributed by atoms with van der Waals surface area (Å²) >= 11 is 1.49. The van der Waals surface area contributed by atoms with Crippen LogP contribution in [-0.2, 0) is 16.6 Å². The van der Waals surface area contributed by atoms with Crippen molar-refractivity contribution >= 4 is 38.3 Å². The number of carbonyl (C=O) groups is 2. The molecule has 2 aliphatic heterocycles. The normalized spacial score (nSPS) is 17.0. The molecule has 2 aliphatic rings. The van der Waals surface area contributed by atoms with E-state index in [-0.39, 0.29) is 23.3 Å². The van der Waals surface area contributed by atoms with Gasteiger partial charge in [0.05, 0.1) is 22.6 Å². The Morgan fingerprint density at radius 2 is 1.48 bits per heavy atom. The van der Waals surface area contributed by atoms with E-state index < -0.39 is 10.0 Å². The van der Waals surface area contributed by atoms with Gasteiger partial charge in [0.15, 0.2) is 0 Å². The van der Waals surface area contributed by atoms with Crippen molar-refractivity contribution in [2.45, 2.75) is 18.4 Å². The predicted molar refractivity (Wildman–Crippen MR) is 123 cm³/mol. The average Bonchev–Trinajstić information content (AvgIpc) is 3.37. The summed E-state index contributed by atoms with van der Waals surface area (Å²) in [6, 6.07) is 13.1. The molecule has 1 aromatic heterocycles. The first-order valence-electron chi connectivity index (χ1n) is 10.4. The van der Waals surface area contributed by atoms with E-state index >= 15 is 0 Å². The smallest absolute Gasteiger partial charge is 0.261 e. The van der Waals surface area contributed by atoms with Gasteiger partial charge in [-0.25, -0.2) is 8.42 Å². The number of carbonyl (C=O) groups excluding carboxylic acids is 2. The van der Waals surface area contributed by atoms with E-state index in [9.17, 15) is 18.0 Å². The fourth-order valence-electron chi connectivity index (χ4n) is 4.01. The molecule has 0 radical (unpaired) electrons. The third-order valence-corrected chi connectivity index (χ3v) is 8.62. The topological polar surface area (TPSA) is 104 Å². The fourth-order valence-corrected chi connectivity index (χ4v) is 6.18. The first kappa shape index (κ1) is 21.7. The van der Waals surface area contributed by atoms with Crippen LogP contribution in [0.1, 0.15) is 31.3 Å². The highest BCUT2D eigenvalue weighted by Gasteiger charge is 2.35. The zero-order chi connectivity index (χ0) is 23.2. The molecular formula is C22H21N5O4S2. The number of aromatic nitrogens is 2. The molecule has 2 amide bonds. The van der Waals surface area contributed by atoms with Crippen LogP contribution in [0.3, 0.4) is 0 Å². The summed E-state index contributed by atoms with van der Waals surface area (Å²) in [5.74, 6) is -0.674. The minimum atomic E-state index is -3.65. The first-order chi connectivity index (χ1) is 15.8. The molecule has 1 fully saturated rings. The van der Waals surface area contributed by atoms with Crippen LogP contribution >= 0.6 is 11.3 Å². The lowest BCUT2D eigenvalue weighted by atomic mass is 10.1. The molecule has 0 N–H and O–H groups in total. The number of hydrogen-bond acceptors (Lipinski definition) is 8. The lowest BCUT2D eigenvalue weighted by Crippen LogP contribution is -2.48. The minimum absolute atomic E-state index is 0.0899. The van der Waals surface area contributed by atoms with Crippen LogP contribution < -0.4 is 4.90 Å². The first-order valence-corrected chi connectivity index (χ1v) is 12.7. The zero-order valence-electron chi connectivity index (χ0n) is 17.8. The third-order valence-electron chi connectivity index (χ3n) is 5.80. The largest absolute Gasteiger partial charge is 0.344 e. The van der Waals surface area contributed by atoms with E-state index in [1.54, 1.807) is 36.4 Å². The maximum absolute atomic E-state index is 13.1. The summed E-state index contributed by atoms with van der Waals surface area (Å²) in [4.78, 5) is 28.5. The Morgan fingerprint density at radius 1 is 0.879 bits per heavy atom. The second-order valence-corrected chi connectivity index (χ2v) is 11.0. The average molecular weight is 484 g/mol. The van der Waals surface area contributed by atoms with Crippen molar-refractivity contribution in [1.82, 2.24) is 19.4 Å². The van der Waals surface area contributed by atoms with Gasteiger partial charge in [-0.05, 0) is 36.8 Å². The molecule has 11 heteroatoms. The van der Waals surface area contributed by atoms with Crippen molar-refractivity contribution in [3.8, 4) is 0 Å². The van der Waals surface area contributed by atoms with Crippen LogP contribution in [-0.4, -0.2) is 65.8 Å². The van der Waals surface area contributed by atoms with Crippen LogP contribution in [0.15, 0.2) is 53.4 Å². The van der Waals surface area contributed by atoms with Crippen molar-refractivity contribution in [2.75, 3.05) is 31.1 Å². The number of imide groups is 1. The van der Waals surface area contributed by atoms with Crippen molar-refractivity contribution in [1.29, 1.82) is 0 Å². The lowest BCUT2D eigenvalue weighted by Gasteiger charge is -2.33. The van der Waals surface area contributed by atoms with E-state index in [4.69, 9.17) is 0 Å². The summed E-state index contributed by atoms with van der Waals surface area (Å²) in [5, 5.41) is 9.84. The zero-order valence-corrected chi connectivity index (χ0v) is 19.5. The van der Waals surface area contributed by atoms with Gasteiger partial charge < -0.3 is 4.90 Å². The monoisotopic (exact) mass is 483 g/mol. The molecule has 0 unspecified atom stereocenters. The molecule has 0 aliphatic carbocycles. The Kier molecular flexibility index (Phi) is 5.47. The number of anilines is 1. The van der Waals surface area contributed by atoms with Crippen LogP contribution in [0, 0.1) is 6.92 Å². The third kappa shape index (κ3) is 3.92. The molecule has 3 aromatic rings. The number of rotatable bonds is 5. The molecule has 0 spiro atoms. The van der Waals surface area contributed by atoms with Crippen LogP contribution in [0.5, 0.6) is 0 Å². The highest BCUT2D eigenvalue weighted by molar-refractivity contribution is 7.89. The Labute approximate surface area is 195 Å². The molecule has 0 bridgehead atoms. The molecular weight excluding hydrogens is 462 g/mol. The van der Waals surface area contributed by atoms with E-state index in [0.717, 1.165) is 10.1 Å². The molecule has 2 aromatic carbocycles. The summed E-state index contributed by atoms with van der Waals surface area (Å²) in [6.45, 7) is 3.79. The van der Waals surface area contributed by atoms with E-state index in [1.165, 1.54) is 32.7 Å². The van der Waals surface area contributed by atoms with Gasteiger partial charge in [0, 0.05) is 26.2 Å². The summed E-state index contributed by atoms with van der Waals surface area (Å²) in [7, 11) is -3.65. The number of nitrogens with zero attached hydrogens (tertiary/aromatic N) is 5. The molecule has 170 valence electrons. The number of sulfonamides is 1. The number of benzene rings is 2. The van der Waals surface area contributed by atoms with Gasteiger partial charge in [-0.2, -0.15) is 4.31 Å². The Morgan fingerprint density at radius 3 is 2.03 bits per heavy atom. The number of amides is 2. The Balaban J connectivity index is 1.26. The summed E-state index contributed by atoms with van der Waals surface area (Å²) < 4.78 is 27.7. The Hall–Kier alpha value is -3.15. The molecule has 1 saturated heterocycles. The second kappa shape index (κ2) is 8.32. The highest BCUT2D eigenvalue weighted by Crippen LogP contribution is 2.26. The molecule has 3 heterocycles. The maximum Gasteiger partial charge on any atom is 0.261 e. The minimum Gasteiger partial charge on any atom is -0.344 e. The quantitative estimate of drug-likeness (QED) is 0.512. The van der Waals surface area contributed by atoms with Gasteiger partial charge >= 0.3 is 0 Å². The lowest BCUT2D eigenvalue weighted by molar-refractivity contribution is 0.0642. The number of aryl methyl sites for hydroxylation is 1. The van der Waals surface area contributed by atoms with Crippen molar-refractivity contribution in [2.24, 2.45) is 0 Å². The highest BCUT2D eigenvalue weighted by atomic mass is 32.2. The number of piperazine rings is 1. The SMILES string of the molecule is Cc1nnc(N2CCN(S(=O)(=O)c3ccc(CN4C(=O)c5ccccc5C4=O)cc3)CC2)s1. The van der Waals surface area contributed by atoms with Crippen LogP contribution in [0.4, 0.5) is 5.13 Å². The van der Waals surface area contributed by atoms with Crippen molar-refractivity contribution in [3.63, 3.8) is 0 Å². The summed E-state index contributed by atoms with van der Waals surface area (Å²) in [5.41, 5.74) is 1.47. The standard InChI is InChI=1S/C22H21N5O4S2/c1-15-23-24-22(32-15)25-10-12-26(13-11-25)33(30,31)17-8-6-16(7-9-17)14-27-20(28)18-4-2-3-5-19(18)21(27)29/h2-9H,10-14H2,1H3. The van der Waals surface area contributed by atoms with Gasteiger partial charge in [-0.1, -0.05) is 35.6 Å². The summed E-state index contributed by atoms with van der Waals surface area (Å²) in [6.07, 6.45) is 0. The van der Waals surface area contributed by atoms with Crippen molar-refractivity contribution < 1.29 is 18.0 Å². The van der Waals surface area contributed by atoms with Crippen molar-refractivity contribution in [3.05, 3.63) is 70.2 Å². The van der Waals surface area contributed by atoms with E-state index in [1.807, 2.05) is 11.8 Å². The van der Waals surface area contributed by atoms with Gasteiger partial charge in [-0.3, -0.25) is 14.5 Å². The fraction of sp³-hybridized carbons (Fsp3) is 0.273. The number of hydrogen-bond donors (Lipinski definition) is 0. The van der Waals surface area contributed by atoms with Gasteiger partial charge in [0.1, 0.15) is 5.01 Å².